The van der Waals surface area contributed by atoms with E-state index in [2.05, 4.69) is 5.32 Å². The number of halogens is 2. The molecule has 5 nitrogen and oxygen atoms in total. The van der Waals surface area contributed by atoms with Gasteiger partial charge in [-0.2, -0.15) is 0 Å². The Morgan fingerprint density at radius 1 is 1.30 bits per heavy atom. The molecule has 1 N–H and O–H groups in total. The van der Waals surface area contributed by atoms with E-state index in [1.807, 2.05) is 12.2 Å². The summed E-state index contributed by atoms with van der Waals surface area (Å²) in [7, 11) is 0. The van der Waals surface area contributed by atoms with Crippen molar-refractivity contribution in [3.63, 3.8) is 0 Å². The summed E-state index contributed by atoms with van der Waals surface area (Å²) in [6.07, 6.45) is 5.99. The van der Waals surface area contributed by atoms with E-state index in [-0.39, 0.29) is 6.04 Å². The molecular weight excluding hydrogens is 270 g/mol. The minimum absolute atomic E-state index is 0.153. The van der Waals surface area contributed by atoms with Crippen LogP contribution in [-0.4, -0.2) is 16.9 Å². The van der Waals surface area contributed by atoms with Gasteiger partial charge in [0.25, 0.3) is 11.6 Å². The number of hydrogen-bond donors (Lipinski definition) is 1. The van der Waals surface area contributed by atoms with E-state index >= 15 is 0 Å². The molecule has 1 atom stereocenters. The summed E-state index contributed by atoms with van der Waals surface area (Å²) >= 11 is 0. The maximum atomic E-state index is 13.2. The number of nitro benzene ring substituents is 1. The zero-order chi connectivity index (χ0) is 14.7. The Bertz CT molecular complexity index is 587. The minimum Gasteiger partial charge on any atom is -0.349 e. The molecule has 1 aromatic carbocycles. The molecule has 20 heavy (non-hydrogen) atoms. The van der Waals surface area contributed by atoms with Crippen LogP contribution in [0.5, 0.6) is 0 Å². The number of carbonyl (C=O) groups is 1. The fourth-order valence-electron chi connectivity index (χ4n) is 2.06. The summed E-state index contributed by atoms with van der Waals surface area (Å²) < 4.78 is 26.2. The maximum Gasteiger partial charge on any atom is 0.285 e. The minimum atomic E-state index is -1.35. The zero-order valence-corrected chi connectivity index (χ0v) is 10.4. The standard InChI is InChI=1S/C13H12F2N2O3/c14-10-6-9(12(17(19)20)7-11(10)15)13(18)16-8-4-2-1-3-5-8/h1-2,6-8H,3-5H2,(H,16,18)/t8-/m0/s1. The van der Waals surface area contributed by atoms with Crippen LogP contribution in [0.15, 0.2) is 24.3 Å². The lowest BCUT2D eigenvalue weighted by atomic mass is 10.0. The van der Waals surface area contributed by atoms with Crippen LogP contribution in [0.3, 0.4) is 0 Å². The Morgan fingerprint density at radius 2 is 2.00 bits per heavy atom. The number of amides is 1. The topological polar surface area (TPSA) is 72.2 Å². The Balaban J connectivity index is 2.26. The molecule has 106 valence electrons. The number of nitrogens with one attached hydrogen (secondary N) is 1. The molecule has 1 aliphatic carbocycles. The van der Waals surface area contributed by atoms with Crippen molar-refractivity contribution in [1.82, 2.24) is 5.32 Å². The van der Waals surface area contributed by atoms with Crippen LogP contribution in [0.2, 0.25) is 0 Å². The highest BCUT2D eigenvalue weighted by molar-refractivity contribution is 5.98. The molecule has 1 aliphatic rings. The fraction of sp³-hybridized carbons (Fsp3) is 0.308. The molecule has 0 unspecified atom stereocenters. The van der Waals surface area contributed by atoms with Gasteiger partial charge >= 0.3 is 0 Å². The van der Waals surface area contributed by atoms with Gasteiger partial charge in [-0.1, -0.05) is 12.2 Å². The molecular formula is C13H12F2N2O3. The van der Waals surface area contributed by atoms with Crippen LogP contribution in [0, 0.1) is 21.7 Å². The fourth-order valence-corrected chi connectivity index (χ4v) is 2.06. The van der Waals surface area contributed by atoms with Gasteiger partial charge in [-0.3, -0.25) is 14.9 Å². The average molecular weight is 282 g/mol. The molecule has 0 spiro atoms. The van der Waals surface area contributed by atoms with Crippen molar-refractivity contribution in [2.24, 2.45) is 0 Å². The van der Waals surface area contributed by atoms with Gasteiger partial charge in [0, 0.05) is 6.04 Å². The Kier molecular flexibility index (Phi) is 4.07. The van der Waals surface area contributed by atoms with Crippen molar-refractivity contribution in [1.29, 1.82) is 0 Å². The third kappa shape index (κ3) is 2.98. The van der Waals surface area contributed by atoms with Crippen molar-refractivity contribution in [2.45, 2.75) is 25.3 Å². The number of nitrogens with zero attached hydrogens (tertiary/aromatic N) is 1. The van der Waals surface area contributed by atoms with Crippen molar-refractivity contribution >= 4 is 11.6 Å². The number of rotatable bonds is 3. The predicted octanol–water partition coefficient (Wildman–Crippen LogP) is 2.71. The number of allylic oxidation sites excluding steroid dienone is 1. The van der Waals surface area contributed by atoms with E-state index in [1.54, 1.807) is 0 Å². The van der Waals surface area contributed by atoms with Crippen molar-refractivity contribution < 1.29 is 18.5 Å². The van der Waals surface area contributed by atoms with Crippen LogP contribution in [0.1, 0.15) is 29.6 Å². The Morgan fingerprint density at radius 3 is 2.60 bits per heavy atom. The number of nitro groups is 1. The molecule has 0 radical (unpaired) electrons. The Hall–Kier alpha value is -2.31. The van der Waals surface area contributed by atoms with Gasteiger partial charge in [0.05, 0.1) is 11.0 Å². The molecule has 0 heterocycles. The van der Waals surface area contributed by atoms with Crippen LogP contribution >= 0.6 is 0 Å². The summed E-state index contributed by atoms with van der Waals surface area (Å²) in [6, 6.07) is 0.826. The van der Waals surface area contributed by atoms with Gasteiger partial charge in [-0.25, -0.2) is 8.78 Å². The van der Waals surface area contributed by atoms with Gasteiger partial charge in [0.1, 0.15) is 5.56 Å². The molecule has 0 saturated carbocycles. The van der Waals surface area contributed by atoms with Crippen molar-refractivity contribution in [2.75, 3.05) is 0 Å². The largest absolute Gasteiger partial charge is 0.349 e. The lowest BCUT2D eigenvalue weighted by molar-refractivity contribution is -0.385. The SMILES string of the molecule is O=C(N[C@H]1CC=CCC1)c1cc(F)c(F)cc1[N+](=O)[O-]. The van der Waals surface area contributed by atoms with Gasteiger partial charge in [-0.05, 0) is 25.3 Å². The van der Waals surface area contributed by atoms with Crippen LogP contribution in [0.25, 0.3) is 0 Å². The molecule has 0 bridgehead atoms. The van der Waals surface area contributed by atoms with Crippen LogP contribution in [-0.2, 0) is 0 Å². The monoisotopic (exact) mass is 282 g/mol. The third-order valence-corrected chi connectivity index (χ3v) is 3.08. The second kappa shape index (κ2) is 5.77. The quantitative estimate of drug-likeness (QED) is 0.526. The number of benzene rings is 1. The first-order chi connectivity index (χ1) is 9.49. The van der Waals surface area contributed by atoms with Gasteiger partial charge < -0.3 is 5.32 Å². The maximum absolute atomic E-state index is 13.2. The lowest BCUT2D eigenvalue weighted by Gasteiger charge is -2.19. The summed E-state index contributed by atoms with van der Waals surface area (Å²) in [5, 5.41) is 13.4. The first-order valence-electron chi connectivity index (χ1n) is 6.08. The van der Waals surface area contributed by atoms with E-state index in [0.717, 1.165) is 6.42 Å². The zero-order valence-electron chi connectivity index (χ0n) is 10.4. The van der Waals surface area contributed by atoms with Gasteiger partial charge in [0.2, 0.25) is 0 Å². The van der Waals surface area contributed by atoms with E-state index in [1.165, 1.54) is 0 Å². The summed E-state index contributed by atoms with van der Waals surface area (Å²) in [4.78, 5) is 21.9. The normalized spacial score (nSPS) is 17.8. The summed E-state index contributed by atoms with van der Waals surface area (Å²) in [5.74, 6) is -3.41. The number of carbonyl (C=O) groups excluding carboxylic acids is 1. The first-order valence-corrected chi connectivity index (χ1v) is 6.08. The highest BCUT2D eigenvalue weighted by Crippen LogP contribution is 2.23. The number of hydrogen-bond acceptors (Lipinski definition) is 3. The van der Waals surface area contributed by atoms with Crippen molar-refractivity contribution in [3.8, 4) is 0 Å². The smallest absolute Gasteiger partial charge is 0.285 e. The molecule has 0 aliphatic heterocycles. The summed E-state index contributed by atoms with van der Waals surface area (Å²) in [6.45, 7) is 0. The predicted molar refractivity (Wildman–Crippen MR) is 67.3 cm³/mol. The molecule has 0 saturated heterocycles. The van der Waals surface area contributed by atoms with Crippen molar-refractivity contribution in [3.05, 3.63) is 51.6 Å². The molecule has 2 rings (SSSR count). The summed E-state index contributed by atoms with van der Waals surface area (Å²) in [5.41, 5.74) is -1.21. The molecule has 0 aromatic heterocycles. The van der Waals surface area contributed by atoms with Crippen LogP contribution in [0.4, 0.5) is 14.5 Å². The first kappa shape index (κ1) is 14.1. The Labute approximate surface area is 113 Å². The van der Waals surface area contributed by atoms with E-state index in [9.17, 15) is 23.7 Å². The third-order valence-electron chi connectivity index (χ3n) is 3.08. The van der Waals surface area contributed by atoms with E-state index in [0.29, 0.717) is 25.0 Å². The van der Waals surface area contributed by atoms with E-state index < -0.39 is 33.7 Å². The molecule has 7 heteroatoms. The lowest BCUT2D eigenvalue weighted by Crippen LogP contribution is -2.35. The van der Waals surface area contributed by atoms with Gasteiger partial charge in [-0.15, -0.1) is 0 Å². The highest BCUT2D eigenvalue weighted by atomic mass is 19.2. The highest BCUT2D eigenvalue weighted by Gasteiger charge is 2.25. The molecule has 1 amide bonds. The second-order valence-corrected chi connectivity index (χ2v) is 4.50. The molecule has 1 aromatic rings. The average Bonchev–Trinajstić information content (AvgIpc) is 2.42. The van der Waals surface area contributed by atoms with Gasteiger partial charge in [0.15, 0.2) is 11.6 Å². The van der Waals surface area contributed by atoms with E-state index in [4.69, 9.17) is 0 Å². The van der Waals surface area contributed by atoms with Crippen LogP contribution < -0.4 is 5.32 Å². The second-order valence-electron chi connectivity index (χ2n) is 4.50. The molecule has 0 fully saturated rings.